The third-order valence-electron chi connectivity index (χ3n) is 4.19. The third-order valence-corrected chi connectivity index (χ3v) is 6.24. The van der Waals surface area contributed by atoms with Gasteiger partial charge in [-0.3, -0.25) is 0 Å². The normalized spacial score (nSPS) is 11.8. The van der Waals surface area contributed by atoms with E-state index in [2.05, 4.69) is 4.98 Å². The Morgan fingerprint density at radius 1 is 0.885 bits per heavy atom. The highest BCUT2D eigenvalue weighted by Crippen LogP contribution is 2.33. The second-order valence-electron chi connectivity index (χ2n) is 5.99. The molecule has 4 aromatic rings. The number of hydrogen-bond donors (Lipinski definition) is 0. The van der Waals surface area contributed by atoms with Crippen LogP contribution in [0.1, 0.15) is 5.56 Å². The monoisotopic (exact) mass is 382 g/mol. The Balaban J connectivity index is 2.07. The average Bonchev–Trinajstić information content (AvgIpc) is 3.02. The van der Waals surface area contributed by atoms with Gasteiger partial charge in [0.05, 0.1) is 21.0 Å². The van der Waals surface area contributed by atoms with E-state index in [0.717, 1.165) is 5.56 Å². The van der Waals surface area contributed by atoms with E-state index in [0.29, 0.717) is 27.4 Å². The van der Waals surface area contributed by atoms with E-state index in [-0.39, 0.29) is 4.90 Å². The minimum Gasteiger partial charge on any atom is -0.227 e. The van der Waals surface area contributed by atoms with Crippen molar-refractivity contribution >= 4 is 32.7 Å². The lowest BCUT2D eigenvalue weighted by molar-refractivity contribution is 0.589. The lowest BCUT2D eigenvalue weighted by Gasteiger charge is -2.11. The molecule has 0 aliphatic rings. The van der Waals surface area contributed by atoms with Crippen LogP contribution in [-0.4, -0.2) is 17.4 Å². The SMILES string of the molecule is Cc1ccc(S(=O)(=O)n2c(-c3ccccc3Cl)nc3ccccc32)cc1. The number of aryl methyl sites for hydroxylation is 1. The number of rotatable bonds is 3. The molecule has 0 amide bonds. The van der Waals surface area contributed by atoms with Crippen molar-refractivity contribution in [3.05, 3.63) is 83.4 Å². The van der Waals surface area contributed by atoms with Gasteiger partial charge in [0, 0.05) is 5.56 Å². The Bertz CT molecular complexity index is 1210. The Labute approximate surface area is 156 Å². The van der Waals surface area contributed by atoms with Crippen LogP contribution in [0.15, 0.2) is 77.7 Å². The Morgan fingerprint density at radius 3 is 2.27 bits per heavy atom. The largest absolute Gasteiger partial charge is 0.269 e. The van der Waals surface area contributed by atoms with Crippen LogP contribution in [0.3, 0.4) is 0 Å². The summed E-state index contributed by atoms with van der Waals surface area (Å²) in [4.78, 5) is 4.76. The van der Waals surface area contributed by atoms with Gasteiger partial charge >= 0.3 is 0 Å². The number of aromatic nitrogens is 2. The Hall–Kier alpha value is -2.63. The number of halogens is 1. The van der Waals surface area contributed by atoms with Gasteiger partial charge in [0.1, 0.15) is 0 Å². The molecule has 0 atom stereocenters. The second-order valence-corrected chi connectivity index (χ2v) is 8.18. The van der Waals surface area contributed by atoms with E-state index in [9.17, 15) is 8.42 Å². The van der Waals surface area contributed by atoms with E-state index in [4.69, 9.17) is 11.6 Å². The number of para-hydroxylation sites is 2. The Kier molecular flexibility index (Phi) is 4.05. The van der Waals surface area contributed by atoms with Gasteiger partial charge in [-0.05, 0) is 43.3 Å². The van der Waals surface area contributed by atoms with Crippen molar-refractivity contribution < 1.29 is 8.42 Å². The molecule has 0 bridgehead atoms. The zero-order chi connectivity index (χ0) is 18.3. The summed E-state index contributed by atoms with van der Waals surface area (Å²) in [6.07, 6.45) is 0. The molecule has 0 saturated heterocycles. The minimum absolute atomic E-state index is 0.208. The van der Waals surface area contributed by atoms with E-state index >= 15 is 0 Å². The molecule has 0 fully saturated rings. The van der Waals surface area contributed by atoms with Crippen LogP contribution >= 0.6 is 11.6 Å². The fourth-order valence-electron chi connectivity index (χ4n) is 2.88. The van der Waals surface area contributed by atoms with Gasteiger partial charge in [0.15, 0.2) is 5.82 Å². The van der Waals surface area contributed by atoms with E-state index in [1.807, 2.05) is 19.1 Å². The topological polar surface area (TPSA) is 52.0 Å². The summed E-state index contributed by atoms with van der Waals surface area (Å²) >= 11 is 6.33. The first kappa shape index (κ1) is 16.8. The molecular weight excluding hydrogens is 368 g/mol. The maximum atomic E-state index is 13.4. The van der Waals surface area contributed by atoms with Crippen molar-refractivity contribution in [3.63, 3.8) is 0 Å². The Morgan fingerprint density at radius 2 is 1.54 bits per heavy atom. The summed E-state index contributed by atoms with van der Waals surface area (Å²) < 4.78 is 28.1. The molecule has 6 heteroatoms. The predicted molar refractivity (Wildman–Crippen MR) is 104 cm³/mol. The van der Waals surface area contributed by atoms with Gasteiger partial charge in [0.2, 0.25) is 0 Å². The lowest BCUT2D eigenvalue weighted by Crippen LogP contribution is -2.14. The standard InChI is InChI=1S/C20H15ClN2O2S/c1-14-10-12-15(13-11-14)26(24,25)23-19-9-5-4-8-18(19)22-20(23)16-6-2-3-7-17(16)21/h2-13H,1H3. The van der Waals surface area contributed by atoms with Gasteiger partial charge in [-0.15, -0.1) is 0 Å². The minimum atomic E-state index is -3.84. The smallest absolute Gasteiger partial charge is 0.227 e. The summed E-state index contributed by atoms with van der Waals surface area (Å²) in [5.41, 5.74) is 2.67. The maximum Gasteiger partial charge on any atom is 0.269 e. The fraction of sp³-hybridized carbons (Fsp3) is 0.0500. The molecule has 0 unspecified atom stereocenters. The van der Waals surface area contributed by atoms with Gasteiger partial charge < -0.3 is 0 Å². The van der Waals surface area contributed by atoms with Gasteiger partial charge in [0.25, 0.3) is 10.0 Å². The van der Waals surface area contributed by atoms with Crippen LogP contribution in [0.2, 0.25) is 5.02 Å². The van der Waals surface area contributed by atoms with Crippen LogP contribution in [0.5, 0.6) is 0 Å². The molecule has 1 aromatic heterocycles. The predicted octanol–water partition coefficient (Wildman–Crippen LogP) is 4.90. The zero-order valence-corrected chi connectivity index (χ0v) is 15.5. The van der Waals surface area contributed by atoms with Crippen LogP contribution in [0.25, 0.3) is 22.4 Å². The van der Waals surface area contributed by atoms with Crippen molar-refractivity contribution in [1.82, 2.24) is 8.96 Å². The van der Waals surface area contributed by atoms with Crippen molar-refractivity contribution in [1.29, 1.82) is 0 Å². The maximum absolute atomic E-state index is 13.4. The number of benzene rings is 3. The average molecular weight is 383 g/mol. The van der Waals surface area contributed by atoms with Crippen molar-refractivity contribution in [2.45, 2.75) is 11.8 Å². The molecule has 0 saturated carbocycles. The molecule has 130 valence electrons. The summed E-state index contributed by atoms with van der Waals surface area (Å²) in [5.74, 6) is 0.303. The lowest BCUT2D eigenvalue weighted by atomic mass is 10.2. The first-order valence-corrected chi connectivity index (χ1v) is 9.85. The molecule has 0 spiro atoms. The number of hydrogen-bond acceptors (Lipinski definition) is 3. The van der Waals surface area contributed by atoms with Crippen LogP contribution in [0, 0.1) is 6.92 Å². The van der Waals surface area contributed by atoms with E-state index < -0.39 is 10.0 Å². The highest BCUT2D eigenvalue weighted by Gasteiger charge is 2.25. The van der Waals surface area contributed by atoms with Crippen molar-refractivity contribution in [3.8, 4) is 11.4 Å². The first-order valence-electron chi connectivity index (χ1n) is 8.03. The van der Waals surface area contributed by atoms with Gasteiger partial charge in [-0.25, -0.2) is 17.4 Å². The van der Waals surface area contributed by atoms with Crippen LogP contribution in [-0.2, 0) is 10.0 Å². The number of fused-ring (bicyclic) bond motifs is 1. The van der Waals surface area contributed by atoms with Gasteiger partial charge in [-0.2, -0.15) is 0 Å². The molecule has 4 rings (SSSR count). The van der Waals surface area contributed by atoms with E-state index in [1.54, 1.807) is 60.7 Å². The highest BCUT2D eigenvalue weighted by molar-refractivity contribution is 7.90. The third kappa shape index (κ3) is 2.69. The summed E-state index contributed by atoms with van der Waals surface area (Å²) in [6.45, 7) is 1.91. The molecular formula is C20H15ClN2O2S. The molecule has 26 heavy (non-hydrogen) atoms. The molecule has 3 aromatic carbocycles. The number of imidazole rings is 1. The molecule has 4 nitrogen and oxygen atoms in total. The molecule has 0 N–H and O–H groups in total. The second kappa shape index (κ2) is 6.27. The summed E-state index contributed by atoms with van der Waals surface area (Å²) in [5, 5.41) is 0.447. The molecule has 0 radical (unpaired) electrons. The van der Waals surface area contributed by atoms with Crippen molar-refractivity contribution in [2.75, 3.05) is 0 Å². The van der Waals surface area contributed by atoms with Crippen LogP contribution in [0.4, 0.5) is 0 Å². The quantitative estimate of drug-likeness (QED) is 0.506. The van der Waals surface area contributed by atoms with Gasteiger partial charge in [-0.1, -0.05) is 53.6 Å². The van der Waals surface area contributed by atoms with Crippen LogP contribution < -0.4 is 0 Å². The molecule has 0 aliphatic carbocycles. The summed E-state index contributed by atoms with van der Waals surface area (Å²) in [7, 11) is -3.84. The molecule has 0 aliphatic heterocycles. The van der Waals surface area contributed by atoms with E-state index in [1.165, 1.54) is 3.97 Å². The van der Waals surface area contributed by atoms with Crippen molar-refractivity contribution in [2.24, 2.45) is 0 Å². The first-order chi connectivity index (χ1) is 12.5. The number of nitrogens with zero attached hydrogens (tertiary/aromatic N) is 2. The highest BCUT2D eigenvalue weighted by atomic mass is 35.5. The summed E-state index contributed by atoms with van der Waals surface area (Å²) in [6, 6.07) is 21.0. The zero-order valence-electron chi connectivity index (χ0n) is 13.9. The fourth-order valence-corrected chi connectivity index (χ4v) is 4.57. The molecule has 1 heterocycles.